The maximum atomic E-state index is 13.9. The van der Waals surface area contributed by atoms with Gasteiger partial charge in [0.15, 0.2) is 0 Å². The smallest absolute Gasteiger partial charge is 0.217 e. The molecule has 1 fully saturated rings. The second-order valence-electron chi connectivity index (χ2n) is 5.02. The zero-order chi connectivity index (χ0) is 13.8. The lowest BCUT2D eigenvalue weighted by atomic mass is 9.80. The Bertz CT molecular complexity index is 487. The number of halogens is 1. The highest BCUT2D eigenvalue weighted by Crippen LogP contribution is 2.33. The molecule has 1 aromatic carbocycles. The molecule has 102 valence electrons. The molecular formula is C15H18FNO2. The van der Waals surface area contributed by atoms with Crippen molar-refractivity contribution in [1.82, 2.24) is 5.32 Å². The highest BCUT2D eigenvalue weighted by molar-refractivity contribution is 5.83. The number of hydrogen-bond acceptors (Lipinski definition) is 2. The van der Waals surface area contributed by atoms with Gasteiger partial charge in [0.2, 0.25) is 5.91 Å². The van der Waals surface area contributed by atoms with Gasteiger partial charge in [0.1, 0.15) is 11.6 Å². The Balaban J connectivity index is 2.32. The Hall–Kier alpha value is -1.71. The van der Waals surface area contributed by atoms with Crippen molar-refractivity contribution in [3.05, 3.63) is 35.6 Å². The number of carbonyl (C=O) groups is 2. The fourth-order valence-electron chi connectivity index (χ4n) is 2.70. The van der Waals surface area contributed by atoms with Crippen LogP contribution in [0.2, 0.25) is 0 Å². The molecule has 0 heterocycles. The van der Waals surface area contributed by atoms with Gasteiger partial charge in [-0.2, -0.15) is 0 Å². The Morgan fingerprint density at radius 2 is 2.11 bits per heavy atom. The molecule has 19 heavy (non-hydrogen) atoms. The monoisotopic (exact) mass is 263 g/mol. The predicted molar refractivity (Wildman–Crippen MR) is 69.9 cm³/mol. The van der Waals surface area contributed by atoms with Crippen molar-refractivity contribution < 1.29 is 14.0 Å². The first kappa shape index (κ1) is 13.7. The molecule has 0 bridgehead atoms. The summed E-state index contributed by atoms with van der Waals surface area (Å²) in [6.45, 7) is 1.39. The maximum Gasteiger partial charge on any atom is 0.217 e. The molecule has 2 rings (SSSR count). The number of hydrogen-bond donors (Lipinski definition) is 1. The summed E-state index contributed by atoms with van der Waals surface area (Å²) in [7, 11) is 0. The first-order chi connectivity index (χ1) is 9.09. The lowest BCUT2D eigenvalue weighted by Crippen LogP contribution is -2.37. The fraction of sp³-hybridized carbons (Fsp3) is 0.467. The maximum absolute atomic E-state index is 13.9. The van der Waals surface area contributed by atoms with Gasteiger partial charge < -0.3 is 5.32 Å². The summed E-state index contributed by atoms with van der Waals surface area (Å²) < 4.78 is 13.9. The lowest BCUT2D eigenvalue weighted by molar-refractivity contribution is -0.127. The van der Waals surface area contributed by atoms with E-state index in [0.29, 0.717) is 18.4 Å². The summed E-state index contributed by atoms with van der Waals surface area (Å²) in [5.41, 5.74) is 0.401. The third-order valence-corrected chi connectivity index (χ3v) is 3.60. The first-order valence-corrected chi connectivity index (χ1v) is 6.64. The van der Waals surface area contributed by atoms with Crippen LogP contribution in [0.1, 0.15) is 44.2 Å². The van der Waals surface area contributed by atoms with Crippen LogP contribution in [-0.4, -0.2) is 11.7 Å². The Kier molecular flexibility index (Phi) is 4.30. The first-order valence-electron chi connectivity index (χ1n) is 6.64. The summed E-state index contributed by atoms with van der Waals surface area (Å²) in [5, 5.41) is 2.74. The van der Waals surface area contributed by atoms with E-state index < -0.39 is 6.04 Å². The summed E-state index contributed by atoms with van der Waals surface area (Å²) in [5.74, 6) is -0.811. The second kappa shape index (κ2) is 5.95. The van der Waals surface area contributed by atoms with Gasteiger partial charge in [0.05, 0.1) is 6.04 Å². The zero-order valence-electron chi connectivity index (χ0n) is 11.0. The van der Waals surface area contributed by atoms with E-state index in [4.69, 9.17) is 0 Å². The van der Waals surface area contributed by atoms with E-state index in [1.54, 1.807) is 18.2 Å². The van der Waals surface area contributed by atoms with Gasteiger partial charge in [-0.3, -0.25) is 9.59 Å². The van der Waals surface area contributed by atoms with E-state index in [-0.39, 0.29) is 23.4 Å². The van der Waals surface area contributed by atoms with Crippen LogP contribution in [0.4, 0.5) is 4.39 Å². The van der Waals surface area contributed by atoms with Gasteiger partial charge in [-0.15, -0.1) is 0 Å². The third-order valence-electron chi connectivity index (χ3n) is 3.60. The SMILES string of the molecule is CC(=O)N[C@H](c1ccccc1F)[C@H]1CCCCC1=O. The molecule has 1 saturated carbocycles. The number of benzene rings is 1. The van der Waals surface area contributed by atoms with E-state index in [1.807, 2.05) is 0 Å². The molecule has 3 nitrogen and oxygen atoms in total. The number of Topliss-reactive ketones (excluding diaryl/α,β-unsaturated/α-hetero) is 1. The van der Waals surface area contributed by atoms with Crippen LogP contribution < -0.4 is 5.32 Å². The molecule has 0 saturated heterocycles. The normalized spacial score (nSPS) is 20.9. The number of ketones is 1. The minimum Gasteiger partial charge on any atom is -0.349 e. The minimum absolute atomic E-state index is 0.119. The van der Waals surface area contributed by atoms with Crippen LogP contribution in [0.3, 0.4) is 0 Å². The molecular weight excluding hydrogens is 245 g/mol. The molecule has 1 aromatic rings. The predicted octanol–water partition coefficient (Wildman–Crippen LogP) is 2.76. The highest BCUT2D eigenvalue weighted by Gasteiger charge is 2.33. The fourth-order valence-corrected chi connectivity index (χ4v) is 2.70. The van der Waals surface area contributed by atoms with Crippen LogP contribution in [-0.2, 0) is 9.59 Å². The molecule has 0 aliphatic heterocycles. The second-order valence-corrected chi connectivity index (χ2v) is 5.02. The van der Waals surface area contributed by atoms with E-state index in [0.717, 1.165) is 12.8 Å². The number of amides is 1. The van der Waals surface area contributed by atoms with E-state index in [1.165, 1.54) is 13.0 Å². The molecule has 1 aliphatic carbocycles. The standard InChI is InChI=1S/C15H18FNO2/c1-10(18)17-15(11-6-2-4-8-13(11)16)12-7-3-5-9-14(12)19/h2,4,6,8,12,15H,3,5,7,9H2,1H3,(H,17,18)/t12-,15+/m0/s1. The molecule has 0 unspecified atom stereocenters. The van der Waals surface area contributed by atoms with E-state index in [9.17, 15) is 14.0 Å². The zero-order valence-corrected chi connectivity index (χ0v) is 11.0. The Morgan fingerprint density at radius 3 is 2.74 bits per heavy atom. The van der Waals surface area contributed by atoms with Gasteiger partial charge in [0.25, 0.3) is 0 Å². The van der Waals surface area contributed by atoms with Crippen LogP contribution >= 0.6 is 0 Å². The van der Waals surface area contributed by atoms with Crippen molar-refractivity contribution in [1.29, 1.82) is 0 Å². The average molecular weight is 263 g/mol. The molecule has 1 aliphatic rings. The quantitative estimate of drug-likeness (QED) is 0.911. The van der Waals surface area contributed by atoms with Crippen molar-refractivity contribution in [3.63, 3.8) is 0 Å². The van der Waals surface area contributed by atoms with Crippen LogP contribution in [0.15, 0.2) is 24.3 Å². The molecule has 2 atom stereocenters. The number of nitrogens with one attached hydrogen (secondary N) is 1. The van der Waals surface area contributed by atoms with Gasteiger partial charge >= 0.3 is 0 Å². The minimum atomic E-state index is -0.550. The summed E-state index contributed by atoms with van der Waals surface area (Å²) in [6.07, 6.45) is 3.06. The van der Waals surface area contributed by atoms with Crippen LogP contribution in [0.25, 0.3) is 0 Å². The molecule has 4 heteroatoms. The summed E-state index contributed by atoms with van der Waals surface area (Å²) in [4.78, 5) is 23.4. The van der Waals surface area contributed by atoms with Gasteiger partial charge in [-0.1, -0.05) is 24.6 Å². The van der Waals surface area contributed by atoms with Crippen molar-refractivity contribution in [3.8, 4) is 0 Å². The Labute approximate surface area is 112 Å². The van der Waals surface area contributed by atoms with E-state index >= 15 is 0 Å². The largest absolute Gasteiger partial charge is 0.349 e. The molecule has 0 radical (unpaired) electrons. The average Bonchev–Trinajstić information content (AvgIpc) is 2.37. The summed E-state index contributed by atoms with van der Waals surface area (Å²) in [6, 6.07) is 5.77. The van der Waals surface area contributed by atoms with Crippen molar-refractivity contribution in [2.45, 2.75) is 38.6 Å². The highest BCUT2D eigenvalue weighted by atomic mass is 19.1. The van der Waals surface area contributed by atoms with E-state index in [2.05, 4.69) is 5.32 Å². The Morgan fingerprint density at radius 1 is 1.37 bits per heavy atom. The van der Waals surface area contributed by atoms with Crippen molar-refractivity contribution in [2.75, 3.05) is 0 Å². The van der Waals surface area contributed by atoms with Crippen molar-refractivity contribution in [2.24, 2.45) is 5.92 Å². The number of rotatable bonds is 3. The molecule has 0 spiro atoms. The van der Waals surface area contributed by atoms with Crippen LogP contribution in [0, 0.1) is 11.7 Å². The molecule has 0 aromatic heterocycles. The number of carbonyl (C=O) groups excluding carboxylic acids is 2. The van der Waals surface area contributed by atoms with Gasteiger partial charge in [0, 0.05) is 24.8 Å². The molecule has 1 amide bonds. The molecule has 1 N–H and O–H groups in total. The topological polar surface area (TPSA) is 46.2 Å². The van der Waals surface area contributed by atoms with Gasteiger partial charge in [-0.05, 0) is 18.9 Å². The van der Waals surface area contributed by atoms with Crippen LogP contribution in [0.5, 0.6) is 0 Å². The lowest BCUT2D eigenvalue weighted by Gasteiger charge is -2.30. The van der Waals surface area contributed by atoms with Crippen molar-refractivity contribution >= 4 is 11.7 Å². The summed E-state index contributed by atoms with van der Waals surface area (Å²) >= 11 is 0. The third kappa shape index (κ3) is 3.19. The van der Waals surface area contributed by atoms with Gasteiger partial charge in [-0.25, -0.2) is 4.39 Å².